The maximum atomic E-state index is 11.5. The van der Waals surface area contributed by atoms with Crippen LogP contribution in [0.3, 0.4) is 0 Å². The van der Waals surface area contributed by atoms with Crippen LogP contribution < -0.4 is 5.56 Å². The fraction of sp³-hybridized carbons (Fsp3) is 0.583. The van der Waals surface area contributed by atoms with Crippen LogP contribution in [0, 0.1) is 0 Å². The highest BCUT2D eigenvalue weighted by Crippen LogP contribution is 2.16. The first kappa shape index (κ1) is 11.9. The highest BCUT2D eigenvalue weighted by Gasteiger charge is 2.16. The SMILES string of the molecule is O=c1ccccn1CCN1CCC(Br)CC1. The summed E-state index contributed by atoms with van der Waals surface area (Å²) in [7, 11) is 0. The predicted octanol–water partition coefficient (Wildman–Crippen LogP) is 1.71. The molecule has 1 aliphatic heterocycles. The number of hydrogen-bond acceptors (Lipinski definition) is 2. The van der Waals surface area contributed by atoms with Crippen molar-refractivity contribution >= 4 is 15.9 Å². The zero-order valence-electron chi connectivity index (χ0n) is 9.31. The van der Waals surface area contributed by atoms with E-state index in [-0.39, 0.29) is 5.56 Å². The fourth-order valence-corrected chi connectivity index (χ4v) is 2.43. The van der Waals surface area contributed by atoms with Crippen molar-refractivity contribution in [2.45, 2.75) is 24.2 Å². The number of hydrogen-bond donors (Lipinski definition) is 0. The minimum absolute atomic E-state index is 0.0953. The number of pyridine rings is 1. The summed E-state index contributed by atoms with van der Waals surface area (Å²) >= 11 is 3.64. The van der Waals surface area contributed by atoms with Crippen LogP contribution in [-0.2, 0) is 6.54 Å². The first-order chi connectivity index (χ1) is 7.75. The Bertz CT molecular complexity index is 383. The molecule has 88 valence electrons. The Balaban J connectivity index is 1.84. The van der Waals surface area contributed by atoms with E-state index in [0.29, 0.717) is 4.83 Å². The summed E-state index contributed by atoms with van der Waals surface area (Å²) in [6.07, 6.45) is 4.28. The number of likely N-dealkylation sites (tertiary alicyclic amines) is 1. The molecule has 1 saturated heterocycles. The zero-order valence-corrected chi connectivity index (χ0v) is 10.9. The smallest absolute Gasteiger partial charge is 0.250 e. The van der Waals surface area contributed by atoms with Crippen molar-refractivity contribution in [2.24, 2.45) is 0 Å². The van der Waals surface area contributed by atoms with Gasteiger partial charge in [0.25, 0.3) is 5.56 Å². The Hall–Kier alpha value is -0.610. The molecule has 1 aliphatic rings. The van der Waals surface area contributed by atoms with Gasteiger partial charge < -0.3 is 9.47 Å². The lowest BCUT2D eigenvalue weighted by Crippen LogP contribution is -2.37. The third-order valence-corrected chi connectivity index (χ3v) is 3.99. The summed E-state index contributed by atoms with van der Waals surface area (Å²) in [5, 5.41) is 0. The topological polar surface area (TPSA) is 25.2 Å². The number of aromatic nitrogens is 1. The second kappa shape index (κ2) is 5.64. The van der Waals surface area contributed by atoms with E-state index in [1.54, 1.807) is 16.7 Å². The van der Waals surface area contributed by atoms with Gasteiger partial charge in [0, 0.05) is 30.2 Å². The quantitative estimate of drug-likeness (QED) is 0.790. The van der Waals surface area contributed by atoms with E-state index in [2.05, 4.69) is 20.8 Å². The van der Waals surface area contributed by atoms with Gasteiger partial charge in [-0.05, 0) is 32.0 Å². The Morgan fingerprint density at radius 2 is 2.00 bits per heavy atom. The van der Waals surface area contributed by atoms with E-state index < -0.39 is 0 Å². The molecule has 1 aromatic heterocycles. The largest absolute Gasteiger partial charge is 0.314 e. The van der Waals surface area contributed by atoms with Crippen LogP contribution in [-0.4, -0.2) is 33.9 Å². The Kier molecular flexibility index (Phi) is 4.18. The molecule has 0 N–H and O–H groups in total. The van der Waals surface area contributed by atoms with Crippen LogP contribution in [0.5, 0.6) is 0 Å². The van der Waals surface area contributed by atoms with Crippen molar-refractivity contribution in [1.82, 2.24) is 9.47 Å². The van der Waals surface area contributed by atoms with Crippen LogP contribution >= 0.6 is 15.9 Å². The van der Waals surface area contributed by atoms with E-state index >= 15 is 0 Å². The third kappa shape index (κ3) is 3.19. The normalized spacial score (nSPS) is 18.8. The summed E-state index contributed by atoms with van der Waals surface area (Å²) in [6.45, 7) is 4.05. The van der Waals surface area contributed by atoms with Gasteiger partial charge in [0.2, 0.25) is 0 Å². The molecular weight excluding hydrogens is 268 g/mol. The molecule has 2 rings (SSSR count). The Morgan fingerprint density at radius 3 is 2.69 bits per heavy atom. The lowest BCUT2D eigenvalue weighted by molar-refractivity contribution is 0.225. The lowest BCUT2D eigenvalue weighted by Gasteiger charge is -2.29. The average Bonchev–Trinajstić information content (AvgIpc) is 2.30. The molecule has 0 aromatic carbocycles. The highest BCUT2D eigenvalue weighted by molar-refractivity contribution is 9.09. The number of rotatable bonds is 3. The molecule has 1 fully saturated rings. The van der Waals surface area contributed by atoms with E-state index in [1.165, 1.54) is 12.8 Å². The first-order valence-corrected chi connectivity index (χ1v) is 6.69. The van der Waals surface area contributed by atoms with Crippen LogP contribution in [0.2, 0.25) is 0 Å². The molecule has 0 spiro atoms. The molecule has 0 saturated carbocycles. The van der Waals surface area contributed by atoms with Crippen molar-refractivity contribution in [3.63, 3.8) is 0 Å². The molecular formula is C12H17BrN2O. The first-order valence-electron chi connectivity index (χ1n) is 5.77. The van der Waals surface area contributed by atoms with Crippen LogP contribution in [0.1, 0.15) is 12.8 Å². The maximum absolute atomic E-state index is 11.5. The van der Waals surface area contributed by atoms with Crippen molar-refractivity contribution in [3.05, 3.63) is 34.7 Å². The van der Waals surface area contributed by atoms with Gasteiger partial charge in [-0.3, -0.25) is 4.79 Å². The third-order valence-electron chi connectivity index (χ3n) is 3.07. The molecule has 1 aromatic rings. The highest BCUT2D eigenvalue weighted by atomic mass is 79.9. The van der Waals surface area contributed by atoms with E-state index in [0.717, 1.165) is 26.2 Å². The van der Waals surface area contributed by atoms with E-state index in [1.807, 2.05) is 12.3 Å². The molecule has 16 heavy (non-hydrogen) atoms. The van der Waals surface area contributed by atoms with Crippen molar-refractivity contribution < 1.29 is 0 Å². The van der Waals surface area contributed by atoms with Crippen LogP contribution in [0.25, 0.3) is 0 Å². The molecule has 0 aliphatic carbocycles. The van der Waals surface area contributed by atoms with Gasteiger partial charge in [0.1, 0.15) is 0 Å². The van der Waals surface area contributed by atoms with E-state index in [4.69, 9.17) is 0 Å². The fourth-order valence-electron chi connectivity index (χ4n) is 2.02. The van der Waals surface area contributed by atoms with Gasteiger partial charge in [-0.2, -0.15) is 0 Å². The molecule has 4 heteroatoms. The van der Waals surface area contributed by atoms with Gasteiger partial charge in [-0.1, -0.05) is 22.0 Å². The second-order valence-corrected chi connectivity index (χ2v) is 5.54. The standard InChI is InChI=1S/C12H17BrN2O/c13-11-4-7-14(8-5-11)9-10-15-6-2-1-3-12(15)16/h1-3,6,11H,4-5,7-10H2. The van der Waals surface area contributed by atoms with Gasteiger partial charge in [-0.25, -0.2) is 0 Å². The lowest BCUT2D eigenvalue weighted by atomic mass is 10.1. The summed E-state index contributed by atoms with van der Waals surface area (Å²) in [5.41, 5.74) is 0.0953. The summed E-state index contributed by atoms with van der Waals surface area (Å²) in [6, 6.07) is 5.31. The van der Waals surface area contributed by atoms with Crippen molar-refractivity contribution in [3.8, 4) is 0 Å². The summed E-state index contributed by atoms with van der Waals surface area (Å²) in [4.78, 5) is 14.6. The Labute approximate surface area is 104 Å². The zero-order chi connectivity index (χ0) is 11.4. The molecule has 0 atom stereocenters. The minimum Gasteiger partial charge on any atom is -0.314 e. The van der Waals surface area contributed by atoms with Crippen molar-refractivity contribution in [2.75, 3.05) is 19.6 Å². The summed E-state index contributed by atoms with van der Waals surface area (Å²) in [5.74, 6) is 0. The number of piperidine rings is 1. The van der Waals surface area contributed by atoms with E-state index in [9.17, 15) is 4.79 Å². The van der Waals surface area contributed by atoms with Gasteiger partial charge in [0.15, 0.2) is 0 Å². The van der Waals surface area contributed by atoms with Gasteiger partial charge >= 0.3 is 0 Å². The maximum Gasteiger partial charge on any atom is 0.250 e. The molecule has 2 heterocycles. The number of alkyl halides is 1. The predicted molar refractivity (Wildman–Crippen MR) is 69.1 cm³/mol. The number of halogens is 1. The molecule has 3 nitrogen and oxygen atoms in total. The molecule has 0 bridgehead atoms. The van der Waals surface area contributed by atoms with Crippen molar-refractivity contribution in [1.29, 1.82) is 0 Å². The monoisotopic (exact) mass is 284 g/mol. The molecule has 0 radical (unpaired) electrons. The molecule has 0 amide bonds. The van der Waals surface area contributed by atoms with Crippen LogP contribution in [0.15, 0.2) is 29.2 Å². The Morgan fingerprint density at radius 1 is 1.25 bits per heavy atom. The second-order valence-electron chi connectivity index (χ2n) is 4.25. The van der Waals surface area contributed by atoms with Gasteiger partial charge in [-0.15, -0.1) is 0 Å². The average molecular weight is 285 g/mol. The summed E-state index contributed by atoms with van der Waals surface area (Å²) < 4.78 is 1.78. The minimum atomic E-state index is 0.0953. The van der Waals surface area contributed by atoms with Crippen LogP contribution in [0.4, 0.5) is 0 Å². The molecule has 0 unspecified atom stereocenters. The van der Waals surface area contributed by atoms with Gasteiger partial charge in [0.05, 0.1) is 0 Å². The number of nitrogens with zero attached hydrogens (tertiary/aromatic N) is 2.